The fraction of sp³-hybridized carbons (Fsp3) is 0.372. The molecule has 516 valence electrons. The fourth-order valence-corrected chi connectivity index (χ4v) is 15.0. The summed E-state index contributed by atoms with van der Waals surface area (Å²) in [6, 6.07) is 50.5. The van der Waals surface area contributed by atoms with Crippen molar-refractivity contribution < 1.29 is 57.9 Å². The summed E-state index contributed by atoms with van der Waals surface area (Å²) in [4.78, 5) is 78.5. The van der Waals surface area contributed by atoms with E-state index in [2.05, 4.69) is 15.9 Å². The monoisotopic (exact) mass is 1450 g/mol. The number of amides is 1. The molecule has 5 aliphatic carbocycles. The van der Waals surface area contributed by atoms with Crippen molar-refractivity contribution in [3.05, 3.63) is 189 Å². The van der Waals surface area contributed by atoms with Crippen LogP contribution in [0.2, 0.25) is 0 Å². The summed E-state index contributed by atoms with van der Waals surface area (Å²) in [5.74, 6) is 3.61. The van der Waals surface area contributed by atoms with E-state index >= 15 is 0 Å². The van der Waals surface area contributed by atoms with E-state index in [9.17, 15) is 33.9 Å². The molecule has 6 N–H and O–H groups in total. The number of carbonyl (C=O) groups excluding carboxylic acids is 4. The molecule has 20 heteroatoms. The van der Waals surface area contributed by atoms with E-state index in [1.807, 2.05) is 140 Å². The molecule has 0 saturated heterocycles. The van der Waals surface area contributed by atoms with Crippen LogP contribution in [0.1, 0.15) is 194 Å². The van der Waals surface area contributed by atoms with Crippen molar-refractivity contribution in [3.8, 4) is 57.0 Å². The topological polar surface area (TPSA) is 258 Å². The lowest BCUT2D eigenvalue weighted by atomic mass is 10.1. The maximum absolute atomic E-state index is 12.1. The molecule has 1 atom stereocenters. The number of aromatic nitrogens is 2. The molecular formula is C78H87BrN4O12S3. The van der Waals surface area contributed by atoms with E-state index in [1.54, 1.807) is 49.4 Å². The molecule has 2 heterocycles. The number of Topliss-reactive ketones (excluding diaryl/α,β-unsaturated/α-hetero) is 2. The second-order valence-electron chi connectivity index (χ2n) is 24.7. The Kier molecular flexibility index (Phi) is 30.2. The normalized spacial score (nSPS) is 15.5. The summed E-state index contributed by atoms with van der Waals surface area (Å²) < 4.78 is 22.1. The highest BCUT2D eigenvalue weighted by atomic mass is 79.9. The van der Waals surface area contributed by atoms with E-state index in [-0.39, 0.29) is 35.9 Å². The van der Waals surface area contributed by atoms with Crippen LogP contribution in [0.25, 0.3) is 22.5 Å². The predicted molar refractivity (Wildman–Crippen MR) is 394 cm³/mol. The number of carboxylic acids is 2. The number of carbonyl (C=O) groups is 6. The lowest BCUT2D eigenvalue weighted by Crippen LogP contribution is -2.26. The Hall–Kier alpha value is -8.43. The number of nitrogens with two attached hydrogens (primary N) is 2. The highest BCUT2D eigenvalue weighted by Crippen LogP contribution is 2.42. The first-order valence-corrected chi connectivity index (χ1v) is 36.8. The van der Waals surface area contributed by atoms with Gasteiger partial charge in [0, 0.05) is 47.3 Å². The van der Waals surface area contributed by atoms with Crippen molar-refractivity contribution in [2.75, 3.05) is 6.61 Å². The van der Waals surface area contributed by atoms with Gasteiger partial charge in [0.15, 0.2) is 16.4 Å². The van der Waals surface area contributed by atoms with Crippen molar-refractivity contribution in [1.29, 1.82) is 0 Å². The number of esters is 1. The number of alkyl halides is 1. The van der Waals surface area contributed by atoms with Crippen molar-refractivity contribution in [2.45, 2.75) is 159 Å². The van der Waals surface area contributed by atoms with Crippen LogP contribution in [0, 0.1) is 17.8 Å². The Bertz CT molecular complexity index is 3610. The number of para-hydroxylation sites is 3. The van der Waals surface area contributed by atoms with Crippen molar-refractivity contribution in [2.24, 2.45) is 29.2 Å². The van der Waals surface area contributed by atoms with Crippen molar-refractivity contribution in [3.63, 3.8) is 0 Å². The van der Waals surface area contributed by atoms with E-state index in [0.717, 1.165) is 105 Å². The van der Waals surface area contributed by atoms with Crippen LogP contribution < -0.4 is 25.7 Å². The summed E-state index contributed by atoms with van der Waals surface area (Å²) in [7, 11) is 0. The first kappa shape index (κ1) is 75.3. The van der Waals surface area contributed by atoms with Crippen LogP contribution in [-0.4, -0.2) is 72.0 Å². The lowest BCUT2D eigenvalue weighted by Gasteiger charge is -2.09. The number of ether oxygens (including phenoxy) is 4. The molecule has 0 bridgehead atoms. The summed E-state index contributed by atoms with van der Waals surface area (Å²) in [6.07, 6.45) is 23.1. The van der Waals surface area contributed by atoms with Crippen LogP contribution in [0.3, 0.4) is 0 Å². The molecule has 1 unspecified atom stereocenters. The minimum absolute atomic E-state index is 0.0185. The zero-order valence-corrected chi connectivity index (χ0v) is 59.6. The molecule has 0 aliphatic heterocycles. The van der Waals surface area contributed by atoms with Gasteiger partial charge in [-0.2, -0.15) is 0 Å². The lowest BCUT2D eigenvalue weighted by molar-refractivity contribution is -0.142. The predicted octanol–water partition coefficient (Wildman–Crippen LogP) is 19.8. The van der Waals surface area contributed by atoms with E-state index < -0.39 is 22.7 Å². The minimum atomic E-state index is -0.992. The van der Waals surface area contributed by atoms with Crippen LogP contribution in [-0.2, 0) is 19.1 Å². The van der Waals surface area contributed by atoms with Crippen LogP contribution >= 0.6 is 50.8 Å². The Morgan fingerprint density at radius 3 is 1.14 bits per heavy atom. The Morgan fingerprint density at radius 2 is 0.827 bits per heavy atom. The average molecular weight is 1450 g/mol. The molecular weight excluding hydrogens is 1360 g/mol. The van der Waals surface area contributed by atoms with Gasteiger partial charge in [0.05, 0.1) is 43.8 Å². The van der Waals surface area contributed by atoms with Gasteiger partial charge in [0.1, 0.15) is 39.4 Å². The number of hydrogen-bond acceptors (Lipinski definition) is 15. The number of halogens is 1. The number of thiazole rings is 2. The van der Waals surface area contributed by atoms with E-state index in [4.69, 9.17) is 57.7 Å². The van der Waals surface area contributed by atoms with Crippen molar-refractivity contribution >= 4 is 91.2 Å². The van der Waals surface area contributed by atoms with E-state index in [1.165, 1.54) is 88.4 Å². The Morgan fingerprint density at radius 1 is 0.490 bits per heavy atom. The molecule has 1 amide bonds. The second-order valence-corrected chi connectivity index (χ2v) is 28.1. The Balaban J connectivity index is 0.000000160. The average Bonchev–Trinajstić information content (AvgIpc) is 1.66. The minimum Gasteiger partial charge on any atom is -0.481 e. The van der Waals surface area contributed by atoms with Gasteiger partial charge in [-0.25, -0.2) is 14.8 Å². The largest absolute Gasteiger partial charge is 0.481 e. The molecule has 98 heavy (non-hydrogen) atoms. The number of carboxylic acid groups (broad SMARTS) is 2. The maximum Gasteiger partial charge on any atom is 0.348 e. The third-order valence-corrected chi connectivity index (χ3v) is 21.1. The number of thiocarbonyl (C=S) groups is 1. The number of ketones is 2. The van der Waals surface area contributed by atoms with Gasteiger partial charge >= 0.3 is 17.9 Å². The number of rotatable bonds is 19. The first-order chi connectivity index (χ1) is 47.4. The quantitative estimate of drug-likeness (QED) is 0.0193. The zero-order valence-electron chi connectivity index (χ0n) is 55.5. The van der Waals surface area contributed by atoms with Gasteiger partial charge in [-0.05, 0) is 180 Å². The first-order valence-electron chi connectivity index (χ1n) is 33.9. The number of hydrogen-bond donors (Lipinski definition) is 4. The summed E-state index contributed by atoms with van der Waals surface area (Å²) >= 11 is 10.8. The number of benzene rings is 6. The summed E-state index contributed by atoms with van der Waals surface area (Å²) in [5, 5.41) is 20.1. The molecule has 6 aromatic carbocycles. The third kappa shape index (κ3) is 23.4. The highest BCUT2D eigenvalue weighted by molar-refractivity contribution is 9.10. The van der Waals surface area contributed by atoms with Gasteiger partial charge in [0.25, 0.3) is 0 Å². The second kappa shape index (κ2) is 39.2. The maximum atomic E-state index is 12.1. The number of aromatic carboxylic acids is 1. The molecule has 8 aromatic rings. The molecule has 2 aromatic heterocycles. The molecule has 5 aliphatic rings. The van der Waals surface area contributed by atoms with E-state index in [0.29, 0.717) is 51.1 Å². The van der Waals surface area contributed by atoms with Crippen LogP contribution in [0.4, 0.5) is 0 Å². The van der Waals surface area contributed by atoms with Gasteiger partial charge in [-0.1, -0.05) is 147 Å². The van der Waals surface area contributed by atoms with Gasteiger partial charge < -0.3 is 40.6 Å². The fourth-order valence-electron chi connectivity index (χ4n) is 12.1. The Labute approximate surface area is 596 Å². The van der Waals surface area contributed by atoms with Crippen LogP contribution in [0.15, 0.2) is 164 Å². The van der Waals surface area contributed by atoms with Gasteiger partial charge in [-0.3, -0.25) is 24.0 Å². The standard InChI is InChI=1S/C22H21NO2S.C21H19NO3S.C17H15BrO4.C6H11NO.C6H11NS.C6H10O2/c1-15(24)21-20(23-22(26-21)17-7-5-6-8-17)16-11-13-19(14-12-16)25-18-9-3-2-4-10-18;23-21(24)19-18(22-20(26-19)15-6-4-5-7-15)14-10-12-17(13-11-14)25-16-8-2-1-3-9-16;1-2-21-17(20)15(18)16(19)12-8-10-14(11-9-12)22-13-6-4-3-5-7-13;3*7-6(8)5-3-1-2-4-5/h2-4,9-14,17H,5-8H2,1H3;1-3,8-13,15H,4-7H2,(H,23,24);3-11,15H,2H2,1H3;2*5H,1-4H2,(H2,7,8);5H,1-4H2,(H,7,8). The van der Waals surface area contributed by atoms with Gasteiger partial charge in [-0.15, -0.1) is 22.7 Å². The molecule has 0 radical (unpaired) electrons. The van der Waals surface area contributed by atoms with Gasteiger partial charge in [0.2, 0.25) is 5.91 Å². The third-order valence-electron chi connectivity index (χ3n) is 17.5. The van der Waals surface area contributed by atoms with Crippen LogP contribution in [0.5, 0.6) is 34.5 Å². The molecule has 5 fully saturated rings. The number of aliphatic carboxylic acids is 1. The zero-order chi connectivity index (χ0) is 69.8. The highest BCUT2D eigenvalue weighted by Gasteiger charge is 2.29. The molecule has 16 nitrogen and oxygen atoms in total. The smallest absolute Gasteiger partial charge is 0.348 e. The molecule has 5 saturated carbocycles. The number of primary amides is 1. The molecule has 13 rings (SSSR count). The summed E-state index contributed by atoms with van der Waals surface area (Å²) in [6.45, 7) is 3.55. The molecule has 0 spiro atoms. The van der Waals surface area contributed by atoms with Crippen molar-refractivity contribution in [1.82, 2.24) is 9.97 Å². The SMILES string of the molecule is CC(=O)c1sc(C2CCCC2)nc1-c1ccc(Oc2ccccc2)cc1.CCOC(=O)C(Br)C(=O)c1ccc(Oc2ccccc2)cc1.NC(=O)C1CCCC1.NC(=S)C1CCCC1.O=C(O)C1CCCC1.O=C(O)c1sc(C2CCCC2)nc1-c1ccc(Oc2ccccc2)cc1. The summed E-state index contributed by atoms with van der Waals surface area (Å²) in [5.41, 5.74) is 14.1. The number of nitrogens with zero attached hydrogens (tertiary/aromatic N) is 2.